The minimum Gasteiger partial charge on any atom is -0.409 e. The fourth-order valence-electron chi connectivity index (χ4n) is 6.19. The summed E-state index contributed by atoms with van der Waals surface area (Å²) in [6.45, 7) is 23.2. The van der Waals surface area contributed by atoms with Crippen LogP contribution in [0.5, 0.6) is 0 Å². The van der Waals surface area contributed by atoms with Gasteiger partial charge in [0.15, 0.2) is 0 Å². The van der Waals surface area contributed by atoms with Gasteiger partial charge in [0, 0.05) is 28.7 Å². The predicted octanol–water partition coefficient (Wildman–Crippen LogP) is 7.41. The molecule has 0 amide bonds. The maximum atomic E-state index is 4.93. The zero-order chi connectivity index (χ0) is 32.4. The van der Waals surface area contributed by atoms with Gasteiger partial charge < -0.3 is 4.57 Å². The van der Waals surface area contributed by atoms with E-state index in [-0.39, 0.29) is 31.9 Å². The summed E-state index contributed by atoms with van der Waals surface area (Å²) >= 11 is 0. The molecular weight excluding hydrogens is 774 g/mol. The van der Waals surface area contributed by atoms with Crippen molar-refractivity contribution < 1.29 is 21.1 Å². The summed E-state index contributed by atoms with van der Waals surface area (Å²) in [4.78, 5) is 9.86. The van der Waals surface area contributed by atoms with Gasteiger partial charge in [0.1, 0.15) is 16.1 Å². The first-order chi connectivity index (χ1) is 21.1. The Bertz CT molecular complexity index is 1900. The van der Waals surface area contributed by atoms with Gasteiger partial charge in [-0.2, -0.15) is 12.1 Å². The number of rotatable bonds is 5. The molecule has 0 aliphatic heterocycles. The molecule has 0 unspecified atom stereocenters. The molecule has 3 heterocycles. The molecule has 0 radical (unpaired) electrons. The van der Waals surface area contributed by atoms with E-state index in [1.165, 1.54) is 32.1 Å². The molecule has 0 bridgehead atoms. The minimum absolute atomic E-state index is 0. The van der Waals surface area contributed by atoms with Crippen LogP contribution in [0.2, 0.25) is 26.2 Å². The number of hydrogen-bond donors (Lipinski definition) is 0. The van der Waals surface area contributed by atoms with Gasteiger partial charge in [0.25, 0.3) is 0 Å². The molecule has 0 aliphatic carbocycles. The van der Waals surface area contributed by atoms with Crippen molar-refractivity contribution in [1.29, 1.82) is 0 Å². The van der Waals surface area contributed by atoms with Crippen molar-refractivity contribution in [3.63, 3.8) is 0 Å². The SMILES string of the molecule is CC(C)(C)c1ccnc([Si](C)(C)c2[c-]c3c4[c-]c([Si](C)(C)c5cc(C(C)(C)C)ccn5)ccc4n(-c4ccccc4)c3cc2)c1.[Pt+2]. The van der Waals surface area contributed by atoms with Crippen LogP contribution in [0.25, 0.3) is 27.5 Å². The second kappa shape index (κ2) is 12.2. The minimum atomic E-state index is -2.16. The van der Waals surface area contributed by atoms with Crippen LogP contribution in [-0.2, 0) is 31.9 Å². The van der Waals surface area contributed by atoms with Crippen LogP contribution in [0.15, 0.2) is 91.3 Å². The van der Waals surface area contributed by atoms with E-state index in [0.29, 0.717) is 0 Å². The standard InChI is InChI=1S/C40H45N3Si2.Pt/c1-39(2,3)28-20-22-41-37(24-28)44(7,8)31-16-18-35-33(26-31)34-27-32(17-19-36(34)43(35)30-14-12-11-13-15-30)45(9,10)38-25-29(21-23-42-38)40(4,5)6;/h11-25H,1-10H3;/q-2;+2. The van der Waals surface area contributed by atoms with Crippen LogP contribution in [0.1, 0.15) is 52.7 Å². The molecule has 6 rings (SSSR count). The Morgan fingerprint density at radius 1 is 0.565 bits per heavy atom. The molecule has 3 aromatic heterocycles. The fourth-order valence-corrected chi connectivity index (χ4v) is 10.4. The van der Waals surface area contributed by atoms with Gasteiger partial charge in [-0.1, -0.05) is 97.0 Å². The first-order valence-electron chi connectivity index (χ1n) is 16.0. The van der Waals surface area contributed by atoms with Gasteiger partial charge in [-0.25, -0.2) is 10.8 Å². The van der Waals surface area contributed by atoms with Crippen LogP contribution in [0.4, 0.5) is 0 Å². The summed E-state index contributed by atoms with van der Waals surface area (Å²) in [5.74, 6) is 0. The predicted molar refractivity (Wildman–Crippen MR) is 198 cm³/mol. The molecule has 46 heavy (non-hydrogen) atoms. The number of benzene rings is 3. The molecule has 6 aromatic rings. The molecule has 0 saturated carbocycles. The van der Waals surface area contributed by atoms with E-state index in [4.69, 9.17) is 9.97 Å². The number of pyridine rings is 2. The van der Waals surface area contributed by atoms with Crippen molar-refractivity contribution in [2.75, 3.05) is 0 Å². The van der Waals surface area contributed by atoms with E-state index in [9.17, 15) is 0 Å². The van der Waals surface area contributed by atoms with Crippen LogP contribution in [-0.4, -0.2) is 30.7 Å². The summed E-state index contributed by atoms with van der Waals surface area (Å²) < 4.78 is 2.37. The molecule has 0 fully saturated rings. The van der Waals surface area contributed by atoms with Gasteiger partial charge in [-0.15, -0.1) is 34.6 Å². The van der Waals surface area contributed by atoms with E-state index >= 15 is 0 Å². The number of hydrogen-bond acceptors (Lipinski definition) is 2. The summed E-state index contributed by atoms with van der Waals surface area (Å²) in [7, 11) is -4.32. The van der Waals surface area contributed by atoms with Gasteiger partial charge in [0.2, 0.25) is 0 Å². The summed E-state index contributed by atoms with van der Waals surface area (Å²) in [5, 5.41) is 7.16. The van der Waals surface area contributed by atoms with Crippen molar-refractivity contribution >= 4 is 59.0 Å². The van der Waals surface area contributed by atoms with Crippen molar-refractivity contribution in [3.8, 4) is 5.69 Å². The Hall–Kier alpha value is -3.12. The molecule has 238 valence electrons. The van der Waals surface area contributed by atoms with Crippen molar-refractivity contribution in [2.45, 2.75) is 78.6 Å². The average molecular weight is 819 g/mol. The summed E-state index contributed by atoms with van der Waals surface area (Å²) in [6, 6.07) is 36.7. The van der Waals surface area contributed by atoms with Crippen LogP contribution >= 0.6 is 0 Å². The molecule has 0 saturated heterocycles. The Balaban J connectivity index is 0.00000417. The molecule has 0 N–H and O–H groups in total. The molecular formula is C40H45N3PtSi2. The molecule has 0 spiro atoms. The van der Waals surface area contributed by atoms with Crippen molar-refractivity contribution in [1.82, 2.24) is 14.5 Å². The maximum Gasteiger partial charge on any atom is 2.00 e. The average Bonchev–Trinajstić information content (AvgIpc) is 3.34. The number of fused-ring (bicyclic) bond motifs is 3. The maximum absolute atomic E-state index is 4.93. The Morgan fingerprint density at radius 2 is 0.978 bits per heavy atom. The number of nitrogens with zero attached hydrogens (tertiary/aromatic N) is 3. The van der Waals surface area contributed by atoms with Crippen molar-refractivity contribution in [2.24, 2.45) is 0 Å². The summed E-state index contributed by atoms with van der Waals surface area (Å²) in [6.07, 6.45) is 3.97. The van der Waals surface area contributed by atoms with E-state index in [2.05, 4.69) is 163 Å². The normalized spacial score (nSPS) is 12.8. The molecule has 0 atom stereocenters. The summed E-state index contributed by atoms with van der Waals surface area (Å²) in [5.41, 5.74) is 6.24. The van der Waals surface area contributed by atoms with Gasteiger partial charge >= 0.3 is 21.1 Å². The van der Waals surface area contributed by atoms with Crippen LogP contribution in [0, 0.1) is 12.1 Å². The van der Waals surface area contributed by atoms with E-state index in [0.717, 1.165) is 27.5 Å². The third kappa shape index (κ3) is 6.14. The van der Waals surface area contributed by atoms with Crippen LogP contribution < -0.4 is 21.0 Å². The first kappa shape index (κ1) is 34.2. The topological polar surface area (TPSA) is 30.7 Å². The zero-order valence-corrected chi connectivity index (χ0v) is 33.1. The quantitative estimate of drug-likeness (QED) is 0.134. The van der Waals surface area contributed by atoms with Gasteiger partial charge in [-0.05, 0) is 58.4 Å². The van der Waals surface area contributed by atoms with Crippen molar-refractivity contribution in [3.05, 3.63) is 115 Å². The molecule has 3 aromatic carbocycles. The smallest absolute Gasteiger partial charge is 0.409 e. The molecule has 0 aliphatic rings. The number of para-hydroxylation sites is 1. The van der Waals surface area contributed by atoms with E-state index in [1.807, 2.05) is 12.4 Å². The van der Waals surface area contributed by atoms with Gasteiger partial charge in [0.05, 0.1) is 0 Å². The third-order valence-electron chi connectivity index (χ3n) is 9.47. The van der Waals surface area contributed by atoms with Crippen LogP contribution in [0.3, 0.4) is 0 Å². The fraction of sp³-hybridized carbons (Fsp3) is 0.300. The Labute approximate surface area is 291 Å². The first-order valence-corrected chi connectivity index (χ1v) is 22.0. The second-order valence-corrected chi connectivity index (χ2v) is 24.1. The van der Waals surface area contributed by atoms with Gasteiger partial charge in [-0.3, -0.25) is 9.97 Å². The van der Waals surface area contributed by atoms with E-state index in [1.54, 1.807) is 0 Å². The Kier molecular flexibility index (Phi) is 9.04. The van der Waals surface area contributed by atoms with E-state index < -0.39 is 16.1 Å². The second-order valence-electron chi connectivity index (χ2n) is 15.5. The largest absolute Gasteiger partial charge is 2.00 e. The third-order valence-corrected chi connectivity index (χ3v) is 15.9. The Morgan fingerprint density at radius 3 is 1.37 bits per heavy atom. The molecule has 3 nitrogen and oxygen atoms in total. The number of aromatic nitrogens is 3. The zero-order valence-electron chi connectivity index (χ0n) is 28.8. The molecule has 6 heteroatoms. The monoisotopic (exact) mass is 818 g/mol.